The fourth-order valence-electron chi connectivity index (χ4n) is 2.02. The number of hydrogen-bond acceptors (Lipinski definition) is 5. The zero-order chi connectivity index (χ0) is 20.9. The van der Waals surface area contributed by atoms with Gasteiger partial charge >= 0.3 is 11.9 Å². The summed E-state index contributed by atoms with van der Waals surface area (Å²) in [5.74, 6) is -2.80. The Kier molecular flexibility index (Phi) is 9.66. The van der Waals surface area contributed by atoms with Gasteiger partial charge in [0.2, 0.25) is 0 Å². The van der Waals surface area contributed by atoms with E-state index >= 15 is 0 Å². The minimum Gasteiger partial charge on any atom is -0.493 e. The number of carbonyl (C=O) groups is 3. The molecule has 0 spiro atoms. The number of imidazole rings is 1. The number of ether oxygens (including phenoxy) is 1. The molecule has 0 aliphatic heterocycles. The van der Waals surface area contributed by atoms with Gasteiger partial charge in [0, 0.05) is 36.5 Å². The molecule has 150 valence electrons. The number of carboxylic acids is 2. The maximum atomic E-state index is 13.7. The highest BCUT2D eigenvalue weighted by molar-refractivity contribution is 5.96. The van der Waals surface area contributed by atoms with Crippen LogP contribution in [0.5, 0.6) is 5.75 Å². The van der Waals surface area contributed by atoms with Crippen molar-refractivity contribution in [1.82, 2.24) is 9.97 Å². The van der Waals surface area contributed by atoms with Crippen molar-refractivity contribution < 1.29 is 33.7 Å². The van der Waals surface area contributed by atoms with E-state index in [9.17, 15) is 18.8 Å². The number of aliphatic carboxylic acids is 2. The first-order valence-corrected chi connectivity index (χ1v) is 8.40. The summed E-state index contributed by atoms with van der Waals surface area (Å²) in [4.78, 5) is 37.5. The van der Waals surface area contributed by atoms with Gasteiger partial charge < -0.3 is 19.9 Å². The molecule has 0 atom stereocenters. The second kappa shape index (κ2) is 12.0. The van der Waals surface area contributed by atoms with Crippen molar-refractivity contribution >= 4 is 17.7 Å². The first kappa shape index (κ1) is 22.6. The Morgan fingerprint density at radius 3 is 2.39 bits per heavy atom. The highest BCUT2D eigenvalue weighted by atomic mass is 19.1. The first-order chi connectivity index (χ1) is 13.3. The zero-order valence-corrected chi connectivity index (χ0v) is 15.2. The molecule has 3 N–H and O–H groups in total. The Morgan fingerprint density at radius 1 is 1.21 bits per heavy atom. The van der Waals surface area contributed by atoms with Crippen molar-refractivity contribution in [1.29, 1.82) is 0 Å². The van der Waals surface area contributed by atoms with Crippen LogP contribution in [0.4, 0.5) is 4.39 Å². The number of halogens is 1. The highest BCUT2D eigenvalue weighted by Gasteiger charge is 2.10. The van der Waals surface area contributed by atoms with Gasteiger partial charge in [-0.05, 0) is 25.0 Å². The molecule has 0 aliphatic rings. The topological polar surface area (TPSA) is 130 Å². The Morgan fingerprint density at radius 2 is 1.89 bits per heavy atom. The summed E-state index contributed by atoms with van der Waals surface area (Å²) in [5.41, 5.74) is 1.17. The first-order valence-electron chi connectivity index (χ1n) is 8.40. The third kappa shape index (κ3) is 8.75. The van der Waals surface area contributed by atoms with E-state index in [1.165, 1.54) is 12.1 Å². The summed E-state index contributed by atoms with van der Waals surface area (Å²) in [6.07, 6.45) is 6.44. The van der Waals surface area contributed by atoms with Crippen LogP contribution in [0.15, 0.2) is 42.9 Å². The Labute approximate surface area is 160 Å². The molecule has 0 unspecified atom stereocenters. The molecule has 0 aliphatic carbocycles. The number of aromatic nitrogens is 2. The molecule has 0 bridgehead atoms. The molecular formula is C19H21FN2O6. The Bertz CT molecular complexity index is 802. The number of H-pyrrole nitrogens is 1. The number of carboxylic acid groups (broad SMARTS) is 2. The average molecular weight is 392 g/mol. The van der Waals surface area contributed by atoms with Crippen LogP contribution in [-0.4, -0.2) is 44.5 Å². The SMILES string of the molecule is CCC(=O)c1ccc(OCCCc2cnc[nH]2)cc1F.O=C(O)/C=C\C(=O)O. The van der Waals surface area contributed by atoms with Crippen LogP contribution >= 0.6 is 0 Å². The molecule has 28 heavy (non-hydrogen) atoms. The summed E-state index contributed by atoms with van der Waals surface area (Å²) in [6, 6.07) is 4.37. The van der Waals surface area contributed by atoms with Gasteiger partial charge in [0.05, 0.1) is 18.5 Å². The summed E-state index contributed by atoms with van der Waals surface area (Å²) >= 11 is 0. The van der Waals surface area contributed by atoms with Gasteiger partial charge in [0.25, 0.3) is 0 Å². The molecule has 0 radical (unpaired) electrons. The smallest absolute Gasteiger partial charge is 0.328 e. The van der Waals surface area contributed by atoms with Gasteiger partial charge in [-0.15, -0.1) is 0 Å². The van der Waals surface area contributed by atoms with Crippen LogP contribution in [0.2, 0.25) is 0 Å². The van der Waals surface area contributed by atoms with E-state index in [-0.39, 0.29) is 11.3 Å². The number of nitrogens with one attached hydrogen (secondary N) is 1. The van der Waals surface area contributed by atoms with Crippen LogP contribution in [0.25, 0.3) is 0 Å². The van der Waals surface area contributed by atoms with Gasteiger partial charge in [-0.2, -0.15) is 0 Å². The normalized spacial score (nSPS) is 10.2. The molecule has 0 fully saturated rings. The molecule has 0 amide bonds. The molecule has 0 saturated carbocycles. The van der Waals surface area contributed by atoms with E-state index < -0.39 is 17.8 Å². The predicted molar refractivity (Wildman–Crippen MR) is 97.8 cm³/mol. The molecule has 8 nitrogen and oxygen atoms in total. The van der Waals surface area contributed by atoms with Crippen LogP contribution in [-0.2, 0) is 16.0 Å². The van der Waals surface area contributed by atoms with Gasteiger partial charge in [-0.3, -0.25) is 4.79 Å². The number of nitrogens with zero attached hydrogens (tertiary/aromatic N) is 1. The molecule has 2 rings (SSSR count). The number of rotatable bonds is 9. The largest absolute Gasteiger partial charge is 0.493 e. The van der Waals surface area contributed by atoms with Crippen molar-refractivity contribution in [3.8, 4) is 5.75 Å². The van der Waals surface area contributed by atoms with Crippen LogP contribution < -0.4 is 4.74 Å². The minimum atomic E-state index is -1.26. The van der Waals surface area contributed by atoms with Crippen LogP contribution in [0.1, 0.15) is 35.8 Å². The van der Waals surface area contributed by atoms with Gasteiger partial charge in [0.15, 0.2) is 5.78 Å². The average Bonchev–Trinajstić information content (AvgIpc) is 3.17. The molecule has 1 aromatic heterocycles. The minimum absolute atomic E-state index is 0.123. The van der Waals surface area contributed by atoms with Crippen molar-refractivity contribution in [2.24, 2.45) is 0 Å². The molecule has 9 heteroatoms. The van der Waals surface area contributed by atoms with Crippen molar-refractivity contribution in [3.63, 3.8) is 0 Å². The molecule has 2 aromatic rings. The van der Waals surface area contributed by atoms with Crippen LogP contribution in [0.3, 0.4) is 0 Å². The maximum absolute atomic E-state index is 13.7. The lowest BCUT2D eigenvalue weighted by atomic mass is 10.1. The summed E-state index contributed by atoms with van der Waals surface area (Å²) in [5, 5.41) is 15.6. The lowest BCUT2D eigenvalue weighted by Crippen LogP contribution is -2.03. The van der Waals surface area contributed by atoms with Crippen molar-refractivity contribution in [2.75, 3.05) is 6.61 Å². The molecule has 1 aromatic carbocycles. The quantitative estimate of drug-likeness (QED) is 0.340. The number of ketones is 1. The van der Waals surface area contributed by atoms with Gasteiger partial charge in [-0.25, -0.2) is 19.0 Å². The van der Waals surface area contributed by atoms with Gasteiger partial charge in [-0.1, -0.05) is 6.92 Å². The van der Waals surface area contributed by atoms with Gasteiger partial charge in [0.1, 0.15) is 11.6 Å². The Hall–Kier alpha value is -3.49. The standard InChI is InChI=1S/C15H17FN2O2.C4H4O4/c1-2-15(19)13-6-5-12(8-14(13)16)20-7-3-4-11-9-17-10-18-11;5-3(6)1-2-4(7)8/h5-6,8-10H,2-4,7H2,1H3,(H,17,18);1-2H,(H,5,6)(H,7,8)/b;2-1-. The van der Waals surface area contributed by atoms with E-state index in [0.717, 1.165) is 18.5 Å². The predicted octanol–water partition coefficient (Wildman–Crippen LogP) is 2.86. The van der Waals surface area contributed by atoms with Crippen LogP contribution in [0, 0.1) is 5.82 Å². The van der Waals surface area contributed by atoms with E-state index in [1.807, 2.05) is 0 Å². The number of aromatic amines is 1. The second-order valence-corrected chi connectivity index (χ2v) is 5.46. The van der Waals surface area contributed by atoms with Crippen molar-refractivity contribution in [3.05, 3.63) is 59.9 Å². The molecule has 1 heterocycles. The summed E-state index contributed by atoms with van der Waals surface area (Å²) < 4.78 is 19.2. The van der Waals surface area contributed by atoms with Crippen molar-refractivity contribution in [2.45, 2.75) is 26.2 Å². The van der Waals surface area contributed by atoms with E-state index in [4.69, 9.17) is 14.9 Å². The number of hydrogen-bond donors (Lipinski definition) is 3. The zero-order valence-electron chi connectivity index (χ0n) is 15.2. The molecule has 0 saturated heterocycles. The fourth-order valence-corrected chi connectivity index (χ4v) is 2.02. The third-order valence-electron chi connectivity index (χ3n) is 3.34. The number of carbonyl (C=O) groups excluding carboxylic acids is 1. The summed E-state index contributed by atoms with van der Waals surface area (Å²) in [7, 11) is 0. The van der Waals surface area contributed by atoms with E-state index in [2.05, 4.69) is 9.97 Å². The number of Topliss-reactive ketones (excluding diaryl/α,β-unsaturated/α-hetero) is 1. The fraction of sp³-hybridized carbons (Fsp3) is 0.263. The second-order valence-electron chi connectivity index (χ2n) is 5.46. The number of aryl methyl sites for hydroxylation is 1. The summed E-state index contributed by atoms with van der Waals surface area (Å²) in [6.45, 7) is 2.20. The number of benzene rings is 1. The third-order valence-corrected chi connectivity index (χ3v) is 3.34. The van der Waals surface area contributed by atoms with E-state index in [1.54, 1.807) is 25.5 Å². The van der Waals surface area contributed by atoms with E-state index in [0.29, 0.717) is 30.9 Å². The monoisotopic (exact) mass is 392 g/mol. The maximum Gasteiger partial charge on any atom is 0.328 e. The lowest BCUT2D eigenvalue weighted by molar-refractivity contribution is -0.134. The Balaban J connectivity index is 0.000000416. The lowest BCUT2D eigenvalue weighted by Gasteiger charge is -2.07. The highest BCUT2D eigenvalue weighted by Crippen LogP contribution is 2.18. The molecular weight excluding hydrogens is 371 g/mol.